The zero-order valence-electron chi connectivity index (χ0n) is 20.4. The predicted molar refractivity (Wildman–Crippen MR) is 141 cm³/mol. The highest BCUT2D eigenvalue weighted by molar-refractivity contribution is 6.09. The van der Waals surface area contributed by atoms with E-state index in [1.807, 2.05) is 19.1 Å². The van der Waals surface area contributed by atoms with Crippen molar-refractivity contribution in [2.75, 3.05) is 0 Å². The Morgan fingerprint density at radius 1 is 0.943 bits per heavy atom. The van der Waals surface area contributed by atoms with Crippen molar-refractivity contribution in [2.24, 2.45) is 5.92 Å². The van der Waals surface area contributed by atoms with Gasteiger partial charge in [0.25, 0.3) is 0 Å². The largest absolute Gasteiger partial charge is 0.508 e. The molecule has 0 saturated heterocycles. The molecule has 1 aliphatic carbocycles. The van der Waals surface area contributed by atoms with Crippen molar-refractivity contribution < 1.29 is 14.6 Å². The molecule has 2 N–H and O–H groups in total. The van der Waals surface area contributed by atoms with E-state index in [9.17, 15) is 9.90 Å². The summed E-state index contributed by atoms with van der Waals surface area (Å²) in [4.78, 5) is 12.6. The molecule has 4 heteroatoms. The summed E-state index contributed by atoms with van der Waals surface area (Å²) in [6.07, 6.45) is 8.27. The Morgan fingerprint density at radius 2 is 1.49 bits per heavy atom. The smallest absolute Gasteiger partial charge is 0.193 e. The van der Waals surface area contributed by atoms with E-state index in [4.69, 9.17) is 10.1 Å². The zero-order valence-corrected chi connectivity index (χ0v) is 20.4. The number of phenols is 1. The molecule has 0 aromatic heterocycles. The Labute approximate surface area is 207 Å². The fourth-order valence-corrected chi connectivity index (χ4v) is 4.30. The van der Waals surface area contributed by atoms with Gasteiger partial charge in [-0.3, -0.25) is 4.79 Å². The van der Waals surface area contributed by atoms with Crippen LogP contribution in [0.3, 0.4) is 0 Å². The minimum absolute atomic E-state index is 0.105. The van der Waals surface area contributed by atoms with Gasteiger partial charge in [-0.1, -0.05) is 51.1 Å². The predicted octanol–water partition coefficient (Wildman–Crippen LogP) is 7.63. The lowest BCUT2D eigenvalue weighted by molar-refractivity contribution is 0.103. The monoisotopic (exact) mass is 465 g/mol. The van der Waals surface area contributed by atoms with Gasteiger partial charge in [0, 0.05) is 28.2 Å². The van der Waals surface area contributed by atoms with Crippen molar-refractivity contribution in [3.8, 4) is 17.2 Å². The number of ether oxygens (including phenoxy) is 1. The van der Waals surface area contributed by atoms with E-state index >= 15 is 0 Å². The number of hydrogen-bond acceptors (Lipinski definition) is 4. The Hall–Kier alpha value is -3.92. The van der Waals surface area contributed by atoms with Gasteiger partial charge in [0.1, 0.15) is 17.2 Å². The number of nitrogens with one attached hydrogen (secondary N) is 1. The van der Waals surface area contributed by atoms with E-state index in [2.05, 4.69) is 44.2 Å². The van der Waals surface area contributed by atoms with E-state index in [0.717, 1.165) is 24.3 Å². The molecule has 35 heavy (non-hydrogen) atoms. The van der Waals surface area contributed by atoms with E-state index in [-0.39, 0.29) is 22.9 Å². The highest BCUT2D eigenvalue weighted by Crippen LogP contribution is 2.36. The van der Waals surface area contributed by atoms with E-state index < -0.39 is 0 Å². The second-order valence-electron chi connectivity index (χ2n) is 9.39. The van der Waals surface area contributed by atoms with Gasteiger partial charge in [0.05, 0.1) is 0 Å². The number of benzene rings is 3. The number of phenolic OH excluding ortho intramolecular Hbond substituents is 1. The molecule has 0 bridgehead atoms. The molecule has 0 spiro atoms. The van der Waals surface area contributed by atoms with Crippen LogP contribution in [0.25, 0.3) is 0 Å². The third-order valence-electron chi connectivity index (χ3n) is 6.71. The molecule has 0 amide bonds. The number of ketones is 1. The molecular weight excluding hydrogens is 434 g/mol. The van der Waals surface area contributed by atoms with Crippen molar-refractivity contribution >= 4 is 11.5 Å². The summed E-state index contributed by atoms with van der Waals surface area (Å²) in [5.74, 6) is 1.63. The van der Waals surface area contributed by atoms with Crippen LogP contribution in [0.15, 0.2) is 96.6 Å². The molecule has 0 aliphatic heterocycles. The summed E-state index contributed by atoms with van der Waals surface area (Å²) < 4.78 is 6.00. The second kappa shape index (κ2) is 10.1. The molecule has 4 rings (SSSR count). The molecule has 3 aromatic rings. The van der Waals surface area contributed by atoms with Gasteiger partial charge in [-0.25, -0.2) is 0 Å². The first-order valence-corrected chi connectivity index (χ1v) is 12.0. The molecular formula is C31H31NO3. The molecule has 178 valence electrons. The van der Waals surface area contributed by atoms with Gasteiger partial charge in [0.2, 0.25) is 0 Å². The SMILES string of the molecule is CCC(=N)C1C=CC(C(C)(C)c2ccc(Oc3ccc(C(=O)c4ccc(O)cc4)cc3)cc2)=CC1. The van der Waals surface area contributed by atoms with Crippen LogP contribution in [0.2, 0.25) is 0 Å². The van der Waals surface area contributed by atoms with Crippen molar-refractivity contribution in [1.82, 2.24) is 0 Å². The van der Waals surface area contributed by atoms with Gasteiger partial charge in [-0.05, 0) is 84.6 Å². The number of hydrogen-bond donors (Lipinski definition) is 2. The van der Waals surface area contributed by atoms with Crippen LogP contribution < -0.4 is 4.74 Å². The van der Waals surface area contributed by atoms with Crippen LogP contribution in [0.1, 0.15) is 55.1 Å². The number of rotatable bonds is 8. The van der Waals surface area contributed by atoms with Crippen molar-refractivity contribution in [3.05, 3.63) is 113 Å². The van der Waals surface area contributed by atoms with Crippen LogP contribution in [-0.4, -0.2) is 16.6 Å². The molecule has 0 heterocycles. The molecule has 0 radical (unpaired) electrons. The molecule has 1 atom stereocenters. The standard InChI is InChI=1S/C31H31NO3/c1-4-29(32)21-5-11-24(12-6-21)31(2,3)25-13-19-28(20-14-25)35-27-17-9-23(10-18-27)30(34)22-7-15-26(33)16-8-22/h5,7-21,32-33H,4,6H2,1-3H3. The molecule has 4 nitrogen and oxygen atoms in total. The summed E-state index contributed by atoms with van der Waals surface area (Å²) in [5.41, 5.74) is 4.18. The number of carbonyl (C=O) groups excluding carboxylic acids is 1. The lowest BCUT2D eigenvalue weighted by atomic mass is 9.74. The summed E-state index contributed by atoms with van der Waals surface area (Å²) in [6.45, 7) is 6.47. The molecule has 0 fully saturated rings. The Bertz CT molecular complexity index is 1260. The molecule has 3 aromatic carbocycles. The number of carbonyl (C=O) groups is 1. The van der Waals surface area contributed by atoms with Crippen molar-refractivity contribution in [1.29, 1.82) is 5.41 Å². The zero-order chi connectivity index (χ0) is 25.0. The quantitative estimate of drug-likeness (QED) is 0.265. The summed E-state index contributed by atoms with van der Waals surface area (Å²) in [5, 5.41) is 17.5. The maximum atomic E-state index is 12.6. The average Bonchev–Trinajstić information content (AvgIpc) is 2.89. The van der Waals surface area contributed by atoms with Crippen molar-refractivity contribution in [3.63, 3.8) is 0 Å². The van der Waals surface area contributed by atoms with Crippen LogP contribution in [0, 0.1) is 11.3 Å². The third-order valence-corrected chi connectivity index (χ3v) is 6.71. The van der Waals surface area contributed by atoms with Gasteiger partial charge in [-0.2, -0.15) is 0 Å². The minimum atomic E-state index is -0.148. The van der Waals surface area contributed by atoms with Gasteiger partial charge in [-0.15, -0.1) is 0 Å². The second-order valence-corrected chi connectivity index (χ2v) is 9.39. The van der Waals surface area contributed by atoms with Crippen LogP contribution in [-0.2, 0) is 5.41 Å². The molecule has 1 unspecified atom stereocenters. The lowest BCUT2D eigenvalue weighted by Crippen LogP contribution is -2.22. The first kappa shape index (κ1) is 24.2. The Balaban J connectivity index is 1.41. The highest BCUT2D eigenvalue weighted by atomic mass is 16.5. The molecule has 0 saturated carbocycles. The van der Waals surface area contributed by atoms with Crippen molar-refractivity contribution in [2.45, 2.75) is 39.0 Å². The topological polar surface area (TPSA) is 70.4 Å². The Morgan fingerprint density at radius 3 is 2.00 bits per heavy atom. The first-order valence-electron chi connectivity index (χ1n) is 12.0. The number of aromatic hydroxyl groups is 1. The van der Waals surface area contributed by atoms with Gasteiger partial charge in [0.15, 0.2) is 5.78 Å². The highest BCUT2D eigenvalue weighted by Gasteiger charge is 2.26. The fraction of sp³-hybridized carbons (Fsp3) is 0.226. The van der Waals surface area contributed by atoms with Crippen LogP contribution >= 0.6 is 0 Å². The first-order chi connectivity index (χ1) is 16.8. The van der Waals surface area contributed by atoms with E-state index in [1.54, 1.807) is 36.4 Å². The van der Waals surface area contributed by atoms with E-state index in [1.165, 1.54) is 23.3 Å². The van der Waals surface area contributed by atoms with E-state index in [0.29, 0.717) is 16.9 Å². The van der Waals surface area contributed by atoms with Crippen LogP contribution in [0.5, 0.6) is 17.2 Å². The fourth-order valence-electron chi connectivity index (χ4n) is 4.30. The summed E-state index contributed by atoms with van der Waals surface area (Å²) in [7, 11) is 0. The lowest BCUT2D eigenvalue weighted by Gasteiger charge is -2.30. The minimum Gasteiger partial charge on any atom is -0.508 e. The summed E-state index contributed by atoms with van der Waals surface area (Å²) in [6, 6.07) is 21.4. The number of allylic oxidation sites excluding steroid dienone is 4. The van der Waals surface area contributed by atoms with Crippen LogP contribution in [0.4, 0.5) is 0 Å². The average molecular weight is 466 g/mol. The van der Waals surface area contributed by atoms with Gasteiger partial charge < -0.3 is 15.3 Å². The molecule has 1 aliphatic rings. The summed E-state index contributed by atoms with van der Waals surface area (Å²) >= 11 is 0. The third kappa shape index (κ3) is 5.43. The maximum Gasteiger partial charge on any atom is 0.193 e. The maximum absolute atomic E-state index is 12.6. The Kier molecular flexibility index (Phi) is 7.02. The normalized spacial score (nSPS) is 15.4. The van der Waals surface area contributed by atoms with Gasteiger partial charge >= 0.3 is 0 Å².